The second kappa shape index (κ2) is 19.7. The summed E-state index contributed by atoms with van der Waals surface area (Å²) in [5.74, 6) is 6.25. The van der Waals surface area contributed by atoms with E-state index in [0.717, 1.165) is 76.6 Å². The summed E-state index contributed by atoms with van der Waals surface area (Å²) in [7, 11) is 2.37. The lowest BCUT2D eigenvalue weighted by atomic mass is 9.47. The fourth-order valence-corrected chi connectivity index (χ4v) is 18.7. The fourth-order valence-electron chi connectivity index (χ4n) is 18.7. The molecule has 73 heavy (non-hydrogen) atoms. The van der Waals surface area contributed by atoms with Gasteiger partial charge in [-0.2, -0.15) is 0 Å². The van der Waals surface area contributed by atoms with Gasteiger partial charge in [-0.1, -0.05) is 105 Å². The molecule has 0 aromatic heterocycles. The van der Waals surface area contributed by atoms with Crippen LogP contribution in [0.1, 0.15) is 229 Å². The minimum atomic E-state index is -0.0761. The zero-order valence-electron chi connectivity index (χ0n) is 46.4. The molecule has 11 saturated carbocycles. The molecular formula is C66H92ClN4O2-. The van der Waals surface area contributed by atoms with Crippen molar-refractivity contribution >= 4 is 23.8 Å². The average molecular weight is 1010 g/mol. The SMILES string of the molecule is CC1C(N(C)Cc2ccc(N=Cc3cc(C(C)(C)C)cc(C45CC6CC(CC(C6)C4)C5)c3O)c(N=Cc3cc(C(C)(C)C)cc(C45CC6CC(CC(C6)C4)C5)c3O)c2)C1N(C1CCCCC1)C1CCCCC1.[Cl-]. The van der Waals surface area contributed by atoms with Crippen LogP contribution in [0.5, 0.6) is 11.5 Å². The fraction of sp³-hybridized carbons (Fsp3) is 0.697. The molecule has 3 unspecified atom stereocenters. The van der Waals surface area contributed by atoms with Crippen molar-refractivity contribution in [3.8, 4) is 11.5 Å². The third kappa shape index (κ3) is 9.94. The van der Waals surface area contributed by atoms with Crippen molar-refractivity contribution < 1.29 is 22.6 Å². The molecule has 11 aliphatic carbocycles. The monoisotopic (exact) mass is 1010 g/mol. The van der Waals surface area contributed by atoms with Gasteiger partial charge in [-0.15, -0.1) is 0 Å². The predicted molar refractivity (Wildman–Crippen MR) is 298 cm³/mol. The zero-order valence-corrected chi connectivity index (χ0v) is 47.1. The van der Waals surface area contributed by atoms with E-state index in [1.807, 2.05) is 12.4 Å². The highest BCUT2D eigenvalue weighted by Gasteiger charge is 2.56. The van der Waals surface area contributed by atoms with E-state index in [0.29, 0.717) is 29.5 Å². The average Bonchev–Trinajstić information content (AvgIpc) is 3.99. The van der Waals surface area contributed by atoms with E-state index in [-0.39, 0.29) is 34.1 Å². The van der Waals surface area contributed by atoms with Gasteiger partial charge in [0.15, 0.2) is 0 Å². The molecule has 0 saturated heterocycles. The van der Waals surface area contributed by atoms with E-state index in [1.54, 1.807) is 0 Å². The normalized spacial score (nSPS) is 34.2. The molecule has 396 valence electrons. The van der Waals surface area contributed by atoms with E-state index < -0.39 is 0 Å². The van der Waals surface area contributed by atoms with E-state index in [2.05, 4.69) is 108 Å². The van der Waals surface area contributed by atoms with Gasteiger partial charge in [-0.05, 0) is 214 Å². The number of likely N-dealkylation sites (N-methyl/N-ethyl adjacent to an activating group) is 1. The smallest absolute Gasteiger partial charge is 0.128 e. The Kier molecular flexibility index (Phi) is 14.0. The maximum atomic E-state index is 12.5. The Morgan fingerprint density at radius 1 is 0.548 bits per heavy atom. The quantitative estimate of drug-likeness (QED) is 0.177. The zero-order chi connectivity index (χ0) is 49.9. The highest BCUT2D eigenvalue weighted by molar-refractivity contribution is 5.91. The minimum Gasteiger partial charge on any atom is -1.00 e. The van der Waals surface area contributed by atoms with Crippen LogP contribution in [-0.2, 0) is 28.2 Å². The summed E-state index contributed by atoms with van der Waals surface area (Å²) >= 11 is 0. The van der Waals surface area contributed by atoms with Gasteiger partial charge in [0.1, 0.15) is 11.5 Å². The van der Waals surface area contributed by atoms with Crippen molar-refractivity contribution in [2.75, 3.05) is 7.05 Å². The number of phenols is 2. The molecule has 0 aliphatic heterocycles. The number of nitrogens with zero attached hydrogens (tertiary/aromatic N) is 4. The number of hydrogen-bond donors (Lipinski definition) is 2. The molecule has 3 aromatic rings. The van der Waals surface area contributed by atoms with E-state index in [9.17, 15) is 10.2 Å². The largest absolute Gasteiger partial charge is 1.00 e. The van der Waals surface area contributed by atoms with E-state index in [1.165, 1.54) is 169 Å². The third-order valence-corrected chi connectivity index (χ3v) is 21.5. The lowest BCUT2D eigenvalue weighted by Crippen LogP contribution is -3.00. The number of halogens is 1. The van der Waals surface area contributed by atoms with Crippen LogP contribution in [0.25, 0.3) is 0 Å². The molecule has 6 nitrogen and oxygen atoms in total. The summed E-state index contributed by atoms with van der Waals surface area (Å²) in [6.45, 7) is 17.2. The molecule has 0 radical (unpaired) electrons. The van der Waals surface area contributed by atoms with Crippen molar-refractivity contribution in [2.24, 2.45) is 51.4 Å². The van der Waals surface area contributed by atoms with E-state index in [4.69, 9.17) is 9.98 Å². The lowest BCUT2D eigenvalue weighted by molar-refractivity contribution is -0.00635. The summed E-state index contributed by atoms with van der Waals surface area (Å²) in [5.41, 5.74) is 9.35. The molecule has 3 atom stereocenters. The van der Waals surface area contributed by atoms with Crippen LogP contribution in [0.15, 0.2) is 52.4 Å². The van der Waals surface area contributed by atoms with Gasteiger partial charge >= 0.3 is 0 Å². The lowest BCUT2D eigenvalue weighted by Gasteiger charge is -2.57. The maximum Gasteiger partial charge on any atom is 0.128 e. The van der Waals surface area contributed by atoms with E-state index >= 15 is 0 Å². The van der Waals surface area contributed by atoms with Gasteiger partial charge < -0.3 is 22.6 Å². The first-order valence-corrected chi connectivity index (χ1v) is 29.9. The number of aliphatic imine (C=N–C) groups is 2. The summed E-state index contributed by atoms with van der Waals surface area (Å²) in [5, 5.41) is 25.0. The maximum absolute atomic E-state index is 12.5. The molecule has 3 aromatic carbocycles. The molecule has 0 heterocycles. The Bertz CT molecular complexity index is 2480. The molecule has 2 N–H and O–H groups in total. The summed E-state index contributed by atoms with van der Waals surface area (Å²) in [6, 6.07) is 18.6. The highest BCUT2D eigenvalue weighted by atomic mass is 35.5. The summed E-state index contributed by atoms with van der Waals surface area (Å²) in [6.07, 6.45) is 33.3. The summed E-state index contributed by atoms with van der Waals surface area (Å²) in [4.78, 5) is 16.5. The Balaban J connectivity index is 0.00000574. The molecule has 14 rings (SSSR count). The highest BCUT2D eigenvalue weighted by Crippen LogP contribution is 2.64. The second-order valence-electron chi connectivity index (χ2n) is 28.9. The number of benzene rings is 3. The van der Waals surface area contributed by atoms with Crippen molar-refractivity contribution in [2.45, 2.75) is 242 Å². The van der Waals surface area contributed by atoms with Crippen LogP contribution in [0.3, 0.4) is 0 Å². The van der Waals surface area contributed by atoms with Crippen LogP contribution in [0, 0.1) is 41.4 Å². The number of phenolic OH excluding ortho intramolecular Hbond substituents is 2. The van der Waals surface area contributed by atoms with Crippen molar-refractivity contribution in [1.82, 2.24) is 9.80 Å². The van der Waals surface area contributed by atoms with Crippen LogP contribution >= 0.6 is 0 Å². The van der Waals surface area contributed by atoms with Gasteiger partial charge in [0, 0.05) is 65.4 Å². The van der Waals surface area contributed by atoms with Gasteiger partial charge in [0.05, 0.1) is 11.4 Å². The van der Waals surface area contributed by atoms with Crippen molar-refractivity contribution in [1.29, 1.82) is 0 Å². The van der Waals surface area contributed by atoms with Crippen LogP contribution in [0.2, 0.25) is 0 Å². The molecule has 11 fully saturated rings. The molecule has 7 heteroatoms. The molecule has 8 bridgehead atoms. The number of hydrogen-bond acceptors (Lipinski definition) is 6. The first-order valence-electron chi connectivity index (χ1n) is 29.9. The van der Waals surface area contributed by atoms with Gasteiger partial charge in [-0.25, -0.2) is 0 Å². The predicted octanol–water partition coefficient (Wildman–Crippen LogP) is 12.9. The van der Waals surface area contributed by atoms with Crippen molar-refractivity contribution in [3.63, 3.8) is 0 Å². The first-order chi connectivity index (χ1) is 34.4. The van der Waals surface area contributed by atoms with Gasteiger partial charge in [0.2, 0.25) is 0 Å². The molecule has 0 spiro atoms. The van der Waals surface area contributed by atoms with Crippen LogP contribution in [-0.4, -0.2) is 63.7 Å². The molecule has 11 aliphatic rings. The van der Waals surface area contributed by atoms with Crippen LogP contribution in [0.4, 0.5) is 11.4 Å². The summed E-state index contributed by atoms with van der Waals surface area (Å²) < 4.78 is 0. The van der Waals surface area contributed by atoms with Crippen LogP contribution < -0.4 is 12.4 Å². The number of aromatic hydroxyl groups is 2. The van der Waals surface area contributed by atoms with Gasteiger partial charge in [0.25, 0.3) is 0 Å². The molecule has 0 amide bonds. The Labute approximate surface area is 447 Å². The molecular weight excluding hydrogens is 916 g/mol. The second-order valence-corrected chi connectivity index (χ2v) is 28.9. The topological polar surface area (TPSA) is 71.7 Å². The third-order valence-electron chi connectivity index (χ3n) is 21.5. The Hall–Kier alpha value is -3.19. The standard InChI is InChI=1S/C66H92N4O2.ClH/c1-41-59(60(41)70(53-15-11-9-12-16-53)54-17-13-10-14-18-54)69(8)40-42-19-20-57(67-38-49-28-51(63(2,3)4)30-55(61(49)71)65-32-43-21-44(33-65)23-45(22-43)34-65)58(27-42)68-39-50-29-52(64(5,6)7)31-56(62(50)72)66-35-46-24-47(36-66)26-48(25-46)37-66;/h19-20,27-31,38-39,41,43-48,53-54,59-60,71-72H,9-18,21-26,32-37,40H2,1-8H3;1H/p-1. The number of rotatable bonds is 12. The first kappa shape index (κ1) is 51.9. The Morgan fingerprint density at radius 3 is 1.34 bits per heavy atom. The Morgan fingerprint density at radius 2 is 0.945 bits per heavy atom. The minimum absolute atomic E-state index is 0. The van der Waals surface area contributed by atoms with Crippen molar-refractivity contribution in [3.05, 3.63) is 81.4 Å². The van der Waals surface area contributed by atoms with Gasteiger partial charge in [-0.3, -0.25) is 19.8 Å².